The van der Waals surface area contributed by atoms with E-state index in [1.165, 1.54) is 11.6 Å². The number of aryl methyl sites for hydroxylation is 1. The number of nitrogens with one attached hydrogen (secondary N) is 2. The third-order valence-corrected chi connectivity index (χ3v) is 4.55. The van der Waals surface area contributed by atoms with Crippen molar-refractivity contribution in [2.45, 2.75) is 32.2 Å². The van der Waals surface area contributed by atoms with E-state index < -0.39 is 17.3 Å². The SMILES string of the molecule is CCOC(=O)CCc1cc(OCC(=O)NNC(C)=O)nn1C(Cl)c1ccccc1Cl. The zero-order chi connectivity index (χ0) is 22.1. The Hall–Kier alpha value is -2.78. The fourth-order valence-electron chi connectivity index (χ4n) is 2.46. The van der Waals surface area contributed by atoms with Crippen LogP contribution >= 0.6 is 23.2 Å². The van der Waals surface area contributed by atoms with Gasteiger partial charge in [0.25, 0.3) is 5.91 Å². The van der Waals surface area contributed by atoms with Crippen LogP contribution in [-0.4, -0.2) is 40.8 Å². The van der Waals surface area contributed by atoms with Crippen LogP contribution < -0.4 is 15.6 Å². The second kappa shape index (κ2) is 11.4. The van der Waals surface area contributed by atoms with Crippen molar-refractivity contribution in [1.29, 1.82) is 0 Å². The number of ether oxygens (including phenoxy) is 2. The third-order valence-electron chi connectivity index (χ3n) is 3.79. The van der Waals surface area contributed by atoms with E-state index in [4.69, 9.17) is 32.7 Å². The van der Waals surface area contributed by atoms with Crippen molar-refractivity contribution < 1.29 is 23.9 Å². The lowest BCUT2D eigenvalue weighted by molar-refractivity contribution is -0.143. The quantitative estimate of drug-likeness (QED) is 0.340. The molecule has 1 aromatic heterocycles. The molecule has 2 rings (SSSR count). The molecule has 0 aliphatic rings. The molecule has 0 fully saturated rings. The van der Waals surface area contributed by atoms with Crippen molar-refractivity contribution in [1.82, 2.24) is 20.6 Å². The first kappa shape index (κ1) is 23.5. The molecule has 0 saturated carbocycles. The van der Waals surface area contributed by atoms with E-state index in [9.17, 15) is 14.4 Å². The van der Waals surface area contributed by atoms with Crippen molar-refractivity contribution >= 4 is 41.0 Å². The van der Waals surface area contributed by atoms with Gasteiger partial charge in [-0.1, -0.05) is 41.4 Å². The standard InChI is InChI=1S/C19H22Cl2N4O5/c1-3-29-18(28)9-8-13-10-17(30-11-16(27)23-22-12(2)26)24-25(13)19(21)14-6-4-5-7-15(14)20/h4-7,10,19H,3,8-9,11H2,1-2H3,(H,22,26)(H,23,27). The minimum absolute atomic E-state index is 0.119. The van der Waals surface area contributed by atoms with Gasteiger partial charge in [-0.3, -0.25) is 25.2 Å². The maximum Gasteiger partial charge on any atom is 0.306 e. The van der Waals surface area contributed by atoms with Crippen LogP contribution in [0, 0.1) is 0 Å². The van der Waals surface area contributed by atoms with Crippen LogP contribution in [0.5, 0.6) is 5.88 Å². The van der Waals surface area contributed by atoms with Gasteiger partial charge < -0.3 is 9.47 Å². The molecular weight excluding hydrogens is 435 g/mol. The van der Waals surface area contributed by atoms with E-state index >= 15 is 0 Å². The van der Waals surface area contributed by atoms with Gasteiger partial charge in [0.05, 0.1) is 13.0 Å². The monoisotopic (exact) mass is 456 g/mol. The van der Waals surface area contributed by atoms with Crippen LogP contribution in [-0.2, 0) is 25.5 Å². The van der Waals surface area contributed by atoms with Crippen molar-refractivity contribution in [3.8, 4) is 5.88 Å². The number of alkyl halides is 1. The number of aromatic nitrogens is 2. The molecule has 2 aromatic rings. The van der Waals surface area contributed by atoms with E-state index in [-0.39, 0.29) is 31.5 Å². The number of halogens is 2. The van der Waals surface area contributed by atoms with E-state index in [1.807, 2.05) is 0 Å². The number of esters is 1. The largest absolute Gasteiger partial charge is 0.466 e. The van der Waals surface area contributed by atoms with Gasteiger partial charge in [0.15, 0.2) is 12.1 Å². The van der Waals surface area contributed by atoms with E-state index in [2.05, 4.69) is 16.0 Å². The summed E-state index contributed by atoms with van der Waals surface area (Å²) >= 11 is 12.8. The Bertz CT molecular complexity index is 903. The number of rotatable bonds is 9. The molecule has 1 unspecified atom stereocenters. The summed E-state index contributed by atoms with van der Waals surface area (Å²) in [5, 5.41) is 4.76. The molecule has 30 heavy (non-hydrogen) atoms. The summed E-state index contributed by atoms with van der Waals surface area (Å²) in [4.78, 5) is 34.3. The topological polar surface area (TPSA) is 112 Å². The summed E-state index contributed by atoms with van der Waals surface area (Å²) < 4.78 is 11.8. The highest BCUT2D eigenvalue weighted by atomic mass is 35.5. The van der Waals surface area contributed by atoms with Gasteiger partial charge in [0, 0.05) is 35.7 Å². The molecular formula is C19H22Cl2N4O5. The lowest BCUT2D eigenvalue weighted by Gasteiger charge is -2.15. The van der Waals surface area contributed by atoms with Crippen LogP contribution in [0.1, 0.15) is 37.0 Å². The number of hydrogen-bond donors (Lipinski definition) is 2. The minimum atomic E-state index is -0.763. The number of hydrazine groups is 1. The normalized spacial score (nSPS) is 11.5. The summed E-state index contributed by atoms with van der Waals surface area (Å²) in [6.07, 6.45) is 0.412. The highest BCUT2D eigenvalue weighted by Crippen LogP contribution is 2.31. The Labute approximate surface area is 183 Å². The predicted octanol–water partition coefficient (Wildman–Crippen LogP) is 2.36. The first-order chi connectivity index (χ1) is 14.3. The molecule has 0 radical (unpaired) electrons. The van der Waals surface area contributed by atoms with Crippen molar-refractivity contribution in [2.75, 3.05) is 13.2 Å². The smallest absolute Gasteiger partial charge is 0.306 e. The van der Waals surface area contributed by atoms with Crippen LogP contribution in [0.25, 0.3) is 0 Å². The molecule has 0 saturated heterocycles. The second-order valence-corrected chi connectivity index (χ2v) is 6.92. The Morgan fingerprint density at radius 1 is 1.23 bits per heavy atom. The molecule has 1 aromatic carbocycles. The average molecular weight is 457 g/mol. The Morgan fingerprint density at radius 3 is 2.63 bits per heavy atom. The maximum atomic E-state index is 11.7. The van der Waals surface area contributed by atoms with Crippen LogP contribution in [0.3, 0.4) is 0 Å². The van der Waals surface area contributed by atoms with Gasteiger partial charge >= 0.3 is 5.97 Å². The van der Waals surface area contributed by atoms with E-state index in [0.717, 1.165) is 0 Å². The summed E-state index contributed by atoms with van der Waals surface area (Å²) in [7, 11) is 0. The fourth-order valence-corrected chi connectivity index (χ4v) is 3.11. The Kier molecular flexibility index (Phi) is 8.94. The Morgan fingerprint density at radius 2 is 1.97 bits per heavy atom. The molecule has 0 bridgehead atoms. The van der Waals surface area contributed by atoms with Crippen LogP contribution in [0.2, 0.25) is 5.02 Å². The van der Waals surface area contributed by atoms with Crippen molar-refractivity contribution in [3.63, 3.8) is 0 Å². The van der Waals surface area contributed by atoms with Gasteiger partial charge in [0.2, 0.25) is 11.8 Å². The first-order valence-electron chi connectivity index (χ1n) is 9.12. The molecule has 2 N–H and O–H groups in total. The highest BCUT2D eigenvalue weighted by Gasteiger charge is 2.21. The Balaban J connectivity index is 2.18. The summed E-state index contributed by atoms with van der Waals surface area (Å²) in [6, 6.07) is 8.62. The number of carbonyl (C=O) groups excluding carboxylic acids is 3. The number of hydrogen-bond acceptors (Lipinski definition) is 6. The summed E-state index contributed by atoms with van der Waals surface area (Å²) in [5.74, 6) is -1.21. The van der Waals surface area contributed by atoms with Crippen molar-refractivity contribution in [2.24, 2.45) is 0 Å². The minimum Gasteiger partial charge on any atom is -0.466 e. The van der Waals surface area contributed by atoms with E-state index in [1.54, 1.807) is 37.3 Å². The third kappa shape index (κ3) is 6.93. The molecule has 11 heteroatoms. The molecule has 1 heterocycles. The van der Waals surface area contributed by atoms with Gasteiger partial charge in [-0.2, -0.15) is 0 Å². The van der Waals surface area contributed by atoms with Crippen LogP contribution in [0.15, 0.2) is 30.3 Å². The lowest BCUT2D eigenvalue weighted by atomic mass is 10.2. The highest BCUT2D eigenvalue weighted by molar-refractivity contribution is 6.32. The van der Waals surface area contributed by atoms with Gasteiger partial charge in [-0.05, 0) is 13.0 Å². The predicted molar refractivity (Wildman–Crippen MR) is 110 cm³/mol. The first-order valence-corrected chi connectivity index (χ1v) is 9.94. The number of benzene rings is 1. The van der Waals surface area contributed by atoms with E-state index in [0.29, 0.717) is 22.7 Å². The summed E-state index contributed by atoms with van der Waals surface area (Å²) in [5.41, 5.74) is 4.80. The van der Waals surface area contributed by atoms with Crippen molar-refractivity contribution in [3.05, 3.63) is 46.6 Å². The second-order valence-electron chi connectivity index (χ2n) is 6.10. The zero-order valence-corrected chi connectivity index (χ0v) is 18.0. The molecule has 2 amide bonds. The number of amides is 2. The molecule has 1 atom stereocenters. The molecule has 9 nitrogen and oxygen atoms in total. The molecule has 0 aliphatic heterocycles. The fraction of sp³-hybridized carbons (Fsp3) is 0.368. The maximum absolute atomic E-state index is 11.7. The zero-order valence-electron chi connectivity index (χ0n) is 16.5. The number of carbonyl (C=O) groups is 3. The molecule has 162 valence electrons. The molecule has 0 spiro atoms. The van der Waals surface area contributed by atoms with Gasteiger partial charge in [0.1, 0.15) is 0 Å². The number of nitrogens with zero attached hydrogens (tertiary/aromatic N) is 2. The average Bonchev–Trinajstić information content (AvgIpc) is 3.12. The van der Waals surface area contributed by atoms with Crippen LogP contribution in [0.4, 0.5) is 0 Å². The lowest BCUT2D eigenvalue weighted by Crippen LogP contribution is -2.42. The summed E-state index contributed by atoms with van der Waals surface area (Å²) in [6.45, 7) is 2.89. The van der Waals surface area contributed by atoms with Gasteiger partial charge in [-0.15, -0.1) is 5.10 Å². The van der Waals surface area contributed by atoms with Gasteiger partial charge in [-0.25, -0.2) is 4.68 Å². The molecule has 0 aliphatic carbocycles.